The Kier molecular flexibility index (Phi) is 3.66. The minimum absolute atomic E-state index is 0.0276. The number of ether oxygens (including phenoxy) is 1. The maximum absolute atomic E-state index is 15.1. The van der Waals surface area contributed by atoms with Gasteiger partial charge in [0.2, 0.25) is 11.8 Å². The third kappa shape index (κ3) is 2.66. The molecule has 3 aromatic heterocycles. The molecule has 29 heavy (non-hydrogen) atoms. The molecule has 2 aliphatic rings. The second-order valence-corrected chi connectivity index (χ2v) is 8.21. The summed E-state index contributed by atoms with van der Waals surface area (Å²) in [6.45, 7) is 1.94. The summed E-state index contributed by atoms with van der Waals surface area (Å²) in [5.74, 6) is -2.94. The molecule has 0 aromatic carbocycles. The Hall–Kier alpha value is -2.85. The van der Waals surface area contributed by atoms with Crippen molar-refractivity contribution in [3.63, 3.8) is 0 Å². The predicted molar refractivity (Wildman–Crippen MR) is 96.5 cm³/mol. The second kappa shape index (κ2) is 5.83. The molecule has 0 spiro atoms. The van der Waals surface area contributed by atoms with Crippen LogP contribution in [0.1, 0.15) is 49.2 Å². The van der Waals surface area contributed by atoms with Crippen LogP contribution in [-0.4, -0.2) is 42.6 Å². The third-order valence-electron chi connectivity index (χ3n) is 6.12. The Morgan fingerprint density at radius 3 is 2.76 bits per heavy atom. The highest BCUT2D eigenvalue weighted by Gasteiger charge is 2.49. The molecule has 1 saturated carbocycles. The van der Waals surface area contributed by atoms with Crippen molar-refractivity contribution >= 4 is 11.5 Å². The number of nitrogens with zero attached hydrogens (tertiary/aromatic N) is 6. The number of nitrogens with two attached hydrogens (primary N) is 1. The Balaban J connectivity index is 1.59. The number of rotatable bonds is 3. The van der Waals surface area contributed by atoms with E-state index in [4.69, 9.17) is 10.5 Å². The van der Waals surface area contributed by atoms with Gasteiger partial charge >= 0.3 is 0 Å². The van der Waals surface area contributed by atoms with Gasteiger partial charge in [0.1, 0.15) is 11.3 Å². The zero-order valence-corrected chi connectivity index (χ0v) is 16.0. The first-order valence-corrected chi connectivity index (χ1v) is 9.40. The number of aromatic nitrogens is 6. The topological polar surface area (TPSA) is 96.2 Å². The molecule has 2 aliphatic carbocycles. The van der Waals surface area contributed by atoms with Crippen LogP contribution in [0.15, 0.2) is 6.20 Å². The van der Waals surface area contributed by atoms with Crippen LogP contribution in [0.5, 0.6) is 5.88 Å². The van der Waals surface area contributed by atoms with E-state index in [9.17, 15) is 8.78 Å². The van der Waals surface area contributed by atoms with E-state index in [1.807, 2.05) is 6.92 Å². The van der Waals surface area contributed by atoms with Crippen molar-refractivity contribution in [2.24, 2.45) is 0 Å². The second-order valence-electron chi connectivity index (χ2n) is 8.21. The average molecular weight is 407 g/mol. The minimum Gasteiger partial charge on any atom is -0.479 e. The fraction of sp³-hybridized carbons (Fsp3) is 0.556. The van der Waals surface area contributed by atoms with Crippen LogP contribution >= 0.6 is 0 Å². The number of alkyl halides is 2. The van der Waals surface area contributed by atoms with Gasteiger partial charge in [-0.05, 0) is 12.8 Å². The SMILES string of the molecule is COc1nc(N)nn2cc(F)c(C3(C)CCc4nnn(C5CC(F)(F)C5)c4C3)c12. The quantitative estimate of drug-likeness (QED) is 0.717. The van der Waals surface area contributed by atoms with Crippen LogP contribution in [0, 0.1) is 5.82 Å². The molecule has 154 valence electrons. The molecular formula is C18H20F3N7O. The molecule has 1 unspecified atom stereocenters. The van der Waals surface area contributed by atoms with E-state index in [0.717, 1.165) is 11.4 Å². The van der Waals surface area contributed by atoms with Crippen LogP contribution in [0.25, 0.3) is 5.52 Å². The molecule has 1 fully saturated rings. The summed E-state index contributed by atoms with van der Waals surface area (Å²) in [5.41, 5.74) is 7.47. The lowest BCUT2D eigenvalue weighted by molar-refractivity contribution is -0.108. The number of fused-ring (bicyclic) bond motifs is 2. The molecule has 5 rings (SSSR count). The van der Waals surface area contributed by atoms with Gasteiger partial charge in [0.25, 0.3) is 5.92 Å². The van der Waals surface area contributed by atoms with E-state index in [0.29, 0.717) is 30.3 Å². The fourth-order valence-corrected chi connectivity index (χ4v) is 4.64. The molecule has 11 heteroatoms. The normalized spacial score (nSPS) is 23.8. The van der Waals surface area contributed by atoms with Crippen LogP contribution in [0.3, 0.4) is 0 Å². The van der Waals surface area contributed by atoms with Gasteiger partial charge in [-0.15, -0.1) is 10.2 Å². The van der Waals surface area contributed by atoms with Gasteiger partial charge in [0.15, 0.2) is 0 Å². The molecule has 0 amide bonds. The van der Waals surface area contributed by atoms with Crippen LogP contribution in [0.4, 0.5) is 19.1 Å². The summed E-state index contributed by atoms with van der Waals surface area (Å²) in [6.07, 6.45) is 2.37. The van der Waals surface area contributed by atoms with Gasteiger partial charge in [-0.3, -0.25) is 0 Å². The lowest BCUT2D eigenvalue weighted by Crippen LogP contribution is -2.40. The molecular weight excluding hydrogens is 387 g/mol. The minimum atomic E-state index is -2.66. The average Bonchev–Trinajstić information content (AvgIpc) is 3.18. The summed E-state index contributed by atoms with van der Waals surface area (Å²) >= 11 is 0. The number of hydrogen-bond donors (Lipinski definition) is 1. The molecule has 0 saturated heterocycles. The molecule has 0 radical (unpaired) electrons. The highest BCUT2D eigenvalue weighted by atomic mass is 19.3. The van der Waals surface area contributed by atoms with Gasteiger partial charge in [-0.1, -0.05) is 12.1 Å². The van der Waals surface area contributed by atoms with Crippen molar-refractivity contribution < 1.29 is 17.9 Å². The molecule has 0 aliphatic heterocycles. The maximum atomic E-state index is 15.1. The Morgan fingerprint density at radius 2 is 2.07 bits per heavy atom. The first-order valence-electron chi connectivity index (χ1n) is 9.40. The first-order chi connectivity index (χ1) is 13.7. The molecule has 3 heterocycles. The highest BCUT2D eigenvalue weighted by molar-refractivity contribution is 5.67. The van der Waals surface area contributed by atoms with Gasteiger partial charge < -0.3 is 10.5 Å². The Labute approximate surface area is 163 Å². The summed E-state index contributed by atoms with van der Waals surface area (Å²) in [6, 6.07) is -0.378. The van der Waals surface area contributed by atoms with Gasteiger partial charge in [0.05, 0.1) is 30.7 Å². The number of hydrogen-bond acceptors (Lipinski definition) is 6. The monoisotopic (exact) mass is 407 g/mol. The van der Waals surface area contributed by atoms with E-state index >= 15 is 4.39 Å². The molecule has 3 aromatic rings. The predicted octanol–water partition coefficient (Wildman–Crippen LogP) is 2.47. The van der Waals surface area contributed by atoms with Gasteiger partial charge in [-0.25, -0.2) is 22.4 Å². The molecule has 0 bridgehead atoms. The summed E-state index contributed by atoms with van der Waals surface area (Å²) < 4.78 is 50.1. The fourth-order valence-electron chi connectivity index (χ4n) is 4.64. The summed E-state index contributed by atoms with van der Waals surface area (Å²) in [5, 5.41) is 12.4. The standard InChI is InChI=1S/C18H20F3N7O/c1-17(13-10(19)8-27-14(13)15(29-2)23-16(22)25-27)4-3-11-12(7-17)28(26-24-11)9-5-18(20,21)6-9/h8-9H,3-7H2,1-2H3,(H2,22,25). The van der Waals surface area contributed by atoms with Gasteiger partial charge in [-0.2, -0.15) is 4.98 Å². The lowest BCUT2D eigenvalue weighted by atomic mass is 9.71. The van der Waals surface area contributed by atoms with E-state index in [-0.39, 0.29) is 30.7 Å². The van der Waals surface area contributed by atoms with Crippen LogP contribution in [0.2, 0.25) is 0 Å². The molecule has 2 N–H and O–H groups in total. The Bertz CT molecular complexity index is 1120. The zero-order valence-electron chi connectivity index (χ0n) is 16.0. The summed E-state index contributed by atoms with van der Waals surface area (Å²) in [7, 11) is 1.44. The van der Waals surface area contributed by atoms with E-state index in [2.05, 4.69) is 20.4 Å². The Morgan fingerprint density at radius 1 is 1.31 bits per heavy atom. The number of anilines is 1. The van der Waals surface area contributed by atoms with Crippen molar-refractivity contribution in [3.05, 3.63) is 29.0 Å². The van der Waals surface area contributed by atoms with Crippen molar-refractivity contribution in [1.82, 2.24) is 29.6 Å². The highest BCUT2D eigenvalue weighted by Crippen LogP contribution is 2.48. The third-order valence-corrected chi connectivity index (χ3v) is 6.12. The number of nitrogen functional groups attached to an aromatic ring is 1. The lowest BCUT2D eigenvalue weighted by Gasteiger charge is -2.38. The van der Waals surface area contributed by atoms with E-state index < -0.39 is 17.2 Å². The number of methoxy groups -OCH3 is 1. The summed E-state index contributed by atoms with van der Waals surface area (Å²) in [4.78, 5) is 4.08. The molecule has 8 nitrogen and oxygen atoms in total. The first kappa shape index (κ1) is 18.2. The van der Waals surface area contributed by atoms with Crippen molar-refractivity contribution in [1.29, 1.82) is 0 Å². The number of halogens is 3. The van der Waals surface area contributed by atoms with Crippen molar-refractivity contribution in [2.45, 2.75) is 56.4 Å². The largest absolute Gasteiger partial charge is 0.479 e. The number of aryl methyl sites for hydroxylation is 1. The van der Waals surface area contributed by atoms with Gasteiger partial charge in [0, 0.05) is 30.2 Å². The van der Waals surface area contributed by atoms with Crippen LogP contribution in [-0.2, 0) is 18.3 Å². The van der Waals surface area contributed by atoms with E-state index in [1.165, 1.54) is 17.8 Å². The maximum Gasteiger partial charge on any atom is 0.252 e. The molecule has 1 atom stereocenters. The zero-order chi connectivity index (χ0) is 20.6. The van der Waals surface area contributed by atoms with Crippen molar-refractivity contribution in [3.8, 4) is 5.88 Å². The van der Waals surface area contributed by atoms with Crippen molar-refractivity contribution in [2.75, 3.05) is 12.8 Å². The van der Waals surface area contributed by atoms with Crippen LogP contribution < -0.4 is 10.5 Å². The smallest absolute Gasteiger partial charge is 0.252 e. The van der Waals surface area contributed by atoms with E-state index in [1.54, 1.807) is 4.68 Å².